The van der Waals surface area contributed by atoms with Crippen LogP contribution in [0.25, 0.3) is 0 Å². The molecule has 1 unspecified atom stereocenters. The second-order valence-corrected chi connectivity index (χ2v) is 6.14. The normalized spacial score (nSPS) is 16.7. The molecular weight excluding hydrogens is 431 g/mol. The quantitative estimate of drug-likeness (QED) is 0.403. The number of hydrogen-bond acceptors (Lipinski definition) is 3. The van der Waals surface area contributed by atoms with E-state index in [0.29, 0.717) is 38.1 Å². The molecule has 1 aliphatic heterocycles. The summed E-state index contributed by atoms with van der Waals surface area (Å²) in [5.74, 6) is 0.810. The van der Waals surface area contributed by atoms with E-state index in [-0.39, 0.29) is 36.1 Å². The molecule has 1 amide bonds. The van der Waals surface area contributed by atoms with E-state index in [2.05, 4.69) is 29.4 Å². The molecule has 25 heavy (non-hydrogen) atoms. The van der Waals surface area contributed by atoms with Crippen molar-refractivity contribution in [3.05, 3.63) is 35.9 Å². The highest BCUT2D eigenvalue weighted by molar-refractivity contribution is 14.0. The molecule has 3 N–H and O–H groups in total. The zero-order valence-corrected chi connectivity index (χ0v) is 17.3. The lowest BCUT2D eigenvalue weighted by Crippen LogP contribution is -2.48. The SMILES string of the molecule is CCOC(=O)N1CCC(NC(N)=NCC(C)c2ccccc2)CC1.I. The minimum atomic E-state index is -0.228. The topological polar surface area (TPSA) is 80.0 Å². The van der Waals surface area contributed by atoms with E-state index in [9.17, 15) is 4.79 Å². The number of likely N-dealkylation sites (tertiary alicyclic amines) is 1. The standard InChI is InChI=1S/C18H28N4O2.HI/c1-3-24-18(23)22-11-9-16(10-12-22)21-17(19)20-13-14(2)15-7-5-4-6-8-15;/h4-8,14,16H,3,9-13H2,1-2H3,(H3,19,20,21);1H. The summed E-state index contributed by atoms with van der Waals surface area (Å²) in [5, 5.41) is 3.27. The largest absolute Gasteiger partial charge is 0.450 e. The number of carbonyl (C=O) groups excluding carboxylic acids is 1. The Morgan fingerprint density at radius 1 is 1.36 bits per heavy atom. The van der Waals surface area contributed by atoms with Crippen molar-refractivity contribution in [3.8, 4) is 0 Å². The van der Waals surface area contributed by atoms with Gasteiger partial charge in [-0.1, -0.05) is 37.3 Å². The molecule has 0 saturated carbocycles. The number of nitrogens with one attached hydrogen (secondary N) is 1. The van der Waals surface area contributed by atoms with Crippen molar-refractivity contribution in [2.45, 2.75) is 38.6 Å². The van der Waals surface area contributed by atoms with Gasteiger partial charge in [-0.15, -0.1) is 24.0 Å². The first-order chi connectivity index (χ1) is 11.6. The van der Waals surface area contributed by atoms with Gasteiger partial charge in [0, 0.05) is 31.6 Å². The Morgan fingerprint density at radius 2 is 2.00 bits per heavy atom. The maximum absolute atomic E-state index is 11.7. The van der Waals surface area contributed by atoms with Gasteiger partial charge in [0.05, 0.1) is 6.61 Å². The number of nitrogens with two attached hydrogens (primary N) is 1. The molecule has 0 radical (unpaired) electrons. The number of piperidine rings is 1. The molecule has 140 valence electrons. The summed E-state index contributed by atoms with van der Waals surface area (Å²) >= 11 is 0. The van der Waals surface area contributed by atoms with Gasteiger partial charge in [-0.05, 0) is 25.3 Å². The van der Waals surface area contributed by atoms with Crippen LogP contribution in [0.5, 0.6) is 0 Å². The molecule has 1 aliphatic rings. The number of hydrogen-bond donors (Lipinski definition) is 2. The number of carbonyl (C=O) groups is 1. The van der Waals surface area contributed by atoms with Gasteiger partial charge in [-0.3, -0.25) is 4.99 Å². The molecule has 0 aliphatic carbocycles. The lowest BCUT2D eigenvalue weighted by Gasteiger charge is -2.31. The Labute approximate surface area is 167 Å². The molecule has 0 aromatic heterocycles. The number of aliphatic imine (C=N–C) groups is 1. The Kier molecular flexibility index (Phi) is 9.62. The minimum Gasteiger partial charge on any atom is -0.450 e. The van der Waals surface area contributed by atoms with Crippen molar-refractivity contribution >= 4 is 36.0 Å². The maximum Gasteiger partial charge on any atom is 0.409 e. The van der Waals surface area contributed by atoms with Gasteiger partial charge >= 0.3 is 6.09 Å². The fourth-order valence-corrected chi connectivity index (χ4v) is 2.80. The van der Waals surface area contributed by atoms with Gasteiger partial charge in [0.2, 0.25) is 0 Å². The molecule has 0 bridgehead atoms. The third-order valence-electron chi connectivity index (χ3n) is 4.28. The smallest absolute Gasteiger partial charge is 0.409 e. The van der Waals surface area contributed by atoms with Crippen molar-refractivity contribution in [1.82, 2.24) is 10.2 Å². The Hall–Kier alpha value is -1.51. The van der Waals surface area contributed by atoms with Crippen molar-refractivity contribution in [2.75, 3.05) is 26.2 Å². The molecule has 1 aromatic rings. The summed E-state index contributed by atoms with van der Waals surface area (Å²) in [4.78, 5) is 17.9. The lowest BCUT2D eigenvalue weighted by atomic mass is 10.0. The third kappa shape index (κ3) is 7.09. The van der Waals surface area contributed by atoms with Gasteiger partial charge < -0.3 is 20.7 Å². The average molecular weight is 460 g/mol. The second-order valence-electron chi connectivity index (χ2n) is 6.14. The number of amides is 1. The minimum absolute atomic E-state index is 0. The predicted octanol–water partition coefficient (Wildman–Crippen LogP) is 2.93. The molecule has 1 fully saturated rings. The van der Waals surface area contributed by atoms with Crippen LogP contribution < -0.4 is 11.1 Å². The van der Waals surface area contributed by atoms with Crippen molar-refractivity contribution in [3.63, 3.8) is 0 Å². The van der Waals surface area contributed by atoms with Gasteiger partial charge in [-0.25, -0.2) is 4.79 Å². The first kappa shape index (κ1) is 21.5. The van der Waals surface area contributed by atoms with E-state index in [1.54, 1.807) is 4.90 Å². The Morgan fingerprint density at radius 3 is 2.60 bits per heavy atom. The second kappa shape index (κ2) is 11.2. The molecule has 6 nitrogen and oxygen atoms in total. The number of guanidine groups is 1. The van der Waals surface area contributed by atoms with Crippen LogP contribution in [0, 0.1) is 0 Å². The highest BCUT2D eigenvalue weighted by atomic mass is 127. The van der Waals surface area contributed by atoms with E-state index in [4.69, 9.17) is 10.5 Å². The molecule has 1 atom stereocenters. The van der Waals surface area contributed by atoms with E-state index < -0.39 is 0 Å². The first-order valence-electron chi connectivity index (χ1n) is 8.63. The Bertz CT molecular complexity index is 545. The van der Waals surface area contributed by atoms with E-state index in [1.165, 1.54) is 5.56 Å². The van der Waals surface area contributed by atoms with Crippen molar-refractivity contribution < 1.29 is 9.53 Å². The average Bonchev–Trinajstić information content (AvgIpc) is 2.61. The number of rotatable bonds is 5. The monoisotopic (exact) mass is 460 g/mol. The van der Waals surface area contributed by atoms with Gasteiger partial charge in [0.25, 0.3) is 0 Å². The van der Waals surface area contributed by atoms with Gasteiger partial charge in [0.1, 0.15) is 0 Å². The zero-order chi connectivity index (χ0) is 17.4. The van der Waals surface area contributed by atoms with Crippen molar-refractivity contribution in [2.24, 2.45) is 10.7 Å². The first-order valence-corrected chi connectivity index (χ1v) is 8.63. The van der Waals surface area contributed by atoms with Crippen LogP contribution in [-0.4, -0.2) is 49.2 Å². The van der Waals surface area contributed by atoms with Crippen LogP contribution in [0.4, 0.5) is 4.79 Å². The maximum atomic E-state index is 11.7. The molecule has 0 spiro atoms. The van der Waals surface area contributed by atoms with Crippen LogP contribution in [0.2, 0.25) is 0 Å². The van der Waals surface area contributed by atoms with Crippen LogP contribution in [0.1, 0.15) is 38.2 Å². The zero-order valence-electron chi connectivity index (χ0n) is 15.0. The summed E-state index contributed by atoms with van der Waals surface area (Å²) in [6, 6.07) is 10.6. The lowest BCUT2D eigenvalue weighted by molar-refractivity contribution is 0.0963. The third-order valence-corrected chi connectivity index (χ3v) is 4.28. The van der Waals surface area contributed by atoms with E-state index >= 15 is 0 Å². The summed E-state index contributed by atoms with van der Waals surface area (Å²) in [7, 11) is 0. The summed E-state index contributed by atoms with van der Waals surface area (Å²) in [6.07, 6.45) is 1.47. The summed E-state index contributed by atoms with van der Waals surface area (Å²) < 4.78 is 5.02. The Balaban J connectivity index is 0.00000312. The van der Waals surface area contributed by atoms with Gasteiger partial charge in [0.15, 0.2) is 5.96 Å². The fourth-order valence-electron chi connectivity index (χ4n) is 2.80. The summed E-state index contributed by atoms with van der Waals surface area (Å²) in [5.41, 5.74) is 7.27. The summed E-state index contributed by atoms with van der Waals surface area (Å²) in [6.45, 7) is 6.40. The molecular formula is C18H29IN4O2. The fraction of sp³-hybridized carbons (Fsp3) is 0.556. The van der Waals surface area contributed by atoms with Crippen LogP contribution in [0.15, 0.2) is 35.3 Å². The molecule has 1 saturated heterocycles. The van der Waals surface area contributed by atoms with Gasteiger partial charge in [-0.2, -0.15) is 0 Å². The van der Waals surface area contributed by atoms with E-state index in [0.717, 1.165) is 12.8 Å². The highest BCUT2D eigenvalue weighted by Gasteiger charge is 2.23. The van der Waals surface area contributed by atoms with E-state index in [1.807, 2.05) is 25.1 Å². The van der Waals surface area contributed by atoms with Crippen LogP contribution in [-0.2, 0) is 4.74 Å². The highest BCUT2D eigenvalue weighted by Crippen LogP contribution is 2.15. The number of nitrogens with zero attached hydrogens (tertiary/aromatic N) is 2. The number of ether oxygens (including phenoxy) is 1. The number of benzene rings is 1. The van der Waals surface area contributed by atoms with Crippen LogP contribution >= 0.6 is 24.0 Å². The molecule has 7 heteroatoms. The predicted molar refractivity (Wildman–Crippen MR) is 112 cm³/mol. The molecule has 1 aromatic carbocycles. The van der Waals surface area contributed by atoms with Crippen molar-refractivity contribution in [1.29, 1.82) is 0 Å². The molecule has 2 rings (SSSR count). The molecule has 1 heterocycles. The number of halogens is 1. The van der Waals surface area contributed by atoms with Crippen LogP contribution in [0.3, 0.4) is 0 Å².